The Morgan fingerprint density at radius 2 is 2.07 bits per heavy atom. The molecule has 1 aromatic carbocycles. The summed E-state index contributed by atoms with van der Waals surface area (Å²) in [6.07, 6.45) is 2.27. The summed E-state index contributed by atoms with van der Waals surface area (Å²) in [5, 5.41) is 4.40. The van der Waals surface area contributed by atoms with Crippen LogP contribution < -0.4 is 4.90 Å². The molecule has 1 amide bonds. The minimum absolute atomic E-state index is 0. The van der Waals surface area contributed by atoms with Crippen molar-refractivity contribution in [3.8, 4) is 0 Å². The molecule has 1 fully saturated rings. The molecule has 0 atom stereocenters. The SMILES string of the molecule is Cl.Cn1nccc1C(=O)N(CCCN1CCOCC1)c1nc2c(F)cc(F)cc2s1. The molecule has 0 N–H and O–H groups in total. The fourth-order valence-electron chi connectivity index (χ4n) is 3.34. The lowest BCUT2D eigenvalue weighted by Gasteiger charge is -2.27. The topological polar surface area (TPSA) is 63.5 Å². The largest absolute Gasteiger partial charge is 0.379 e. The number of anilines is 1. The van der Waals surface area contributed by atoms with Crippen molar-refractivity contribution in [3.63, 3.8) is 0 Å². The van der Waals surface area contributed by atoms with Crippen molar-refractivity contribution in [2.45, 2.75) is 6.42 Å². The van der Waals surface area contributed by atoms with Gasteiger partial charge in [0.1, 0.15) is 17.0 Å². The van der Waals surface area contributed by atoms with Crippen LogP contribution in [-0.4, -0.2) is 65.0 Å². The van der Waals surface area contributed by atoms with E-state index in [0.717, 1.165) is 43.5 Å². The number of fused-ring (bicyclic) bond motifs is 1. The Morgan fingerprint density at radius 3 is 2.77 bits per heavy atom. The number of aromatic nitrogens is 3. The van der Waals surface area contributed by atoms with Crippen LogP contribution in [0.1, 0.15) is 16.9 Å². The number of rotatable bonds is 6. The lowest BCUT2D eigenvalue weighted by Crippen LogP contribution is -2.39. The third kappa shape index (κ3) is 4.77. The molecular weight excluding hydrogens is 436 g/mol. The van der Waals surface area contributed by atoms with Crippen molar-refractivity contribution in [1.82, 2.24) is 19.7 Å². The van der Waals surface area contributed by atoms with Crippen molar-refractivity contribution in [2.24, 2.45) is 7.05 Å². The second-order valence-corrected chi connectivity index (χ2v) is 7.84. The van der Waals surface area contributed by atoms with Gasteiger partial charge in [0.25, 0.3) is 5.91 Å². The summed E-state index contributed by atoms with van der Waals surface area (Å²) in [6.45, 7) is 4.36. The molecule has 0 saturated carbocycles. The Hall–Kier alpha value is -2.14. The molecule has 0 spiro atoms. The Labute approximate surface area is 182 Å². The number of benzene rings is 1. The van der Waals surface area contributed by atoms with Gasteiger partial charge in [-0.25, -0.2) is 13.8 Å². The van der Waals surface area contributed by atoms with E-state index in [0.29, 0.717) is 35.3 Å². The first-order valence-corrected chi connectivity index (χ1v) is 10.2. The molecule has 0 unspecified atom stereocenters. The highest BCUT2D eigenvalue weighted by Gasteiger charge is 2.24. The molecule has 0 radical (unpaired) electrons. The van der Waals surface area contributed by atoms with Crippen LogP contribution in [0.2, 0.25) is 0 Å². The lowest BCUT2D eigenvalue weighted by molar-refractivity contribution is 0.0376. The van der Waals surface area contributed by atoms with Crippen molar-refractivity contribution in [1.29, 1.82) is 0 Å². The summed E-state index contributed by atoms with van der Waals surface area (Å²) >= 11 is 1.10. The summed E-state index contributed by atoms with van der Waals surface area (Å²) in [7, 11) is 1.69. The van der Waals surface area contributed by atoms with Crippen molar-refractivity contribution >= 4 is 45.0 Å². The maximum atomic E-state index is 14.1. The number of thiazole rings is 1. The molecule has 30 heavy (non-hydrogen) atoms. The smallest absolute Gasteiger partial charge is 0.278 e. The van der Waals surface area contributed by atoms with Gasteiger partial charge in [-0.15, -0.1) is 12.4 Å². The second kappa shape index (κ2) is 9.78. The van der Waals surface area contributed by atoms with E-state index < -0.39 is 11.6 Å². The zero-order chi connectivity index (χ0) is 20.4. The van der Waals surface area contributed by atoms with Gasteiger partial charge < -0.3 is 4.74 Å². The molecule has 0 aliphatic carbocycles. The number of carbonyl (C=O) groups is 1. The van der Waals surface area contributed by atoms with Gasteiger partial charge in [0.15, 0.2) is 10.9 Å². The van der Waals surface area contributed by atoms with Crippen molar-refractivity contribution in [3.05, 3.63) is 41.7 Å². The highest BCUT2D eigenvalue weighted by molar-refractivity contribution is 7.22. The fraction of sp³-hybridized carbons (Fsp3) is 0.421. The van der Waals surface area contributed by atoms with Gasteiger partial charge in [-0.2, -0.15) is 5.10 Å². The Balaban J connectivity index is 0.00000256. The van der Waals surface area contributed by atoms with Crippen LogP contribution in [0.3, 0.4) is 0 Å². The molecule has 3 aromatic rings. The number of nitrogens with zero attached hydrogens (tertiary/aromatic N) is 5. The van der Waals surface area contributed by atoms with Crippen LogP contribution >= 0.6 is 23.7 Å². The molecular formula is C19H22ClF2N5O2S. The molecule has 4 rings (SSSR count). The van der Waals surface area contributed by atoms with E-state index in [4.69, 9.17) is 4.74 Å². The summed E-state index contributed by atoms with van der Waals surface area (Å²) in [5.74, 6) is -1.67. The van der Waals surface area contributed by atoms with Gasteiger partial charge in [-0.05, 0) is 18.6 Å². The maximum Gasteiger partial charge on any atom is 0.278 e. The average molecular weight is 458 g/mol. The number of morpholine rings is 1. The number of carbonyl (C=O) groups excluding carboxylic acids is 1. The zero-order valence-corrected chi connectivity index (χ0v) is 18.0. The zero-order valence-electron chi connectivity index (χ0n) is 16.4. The third-order valence-corrected chi connectivity index (χ3v) is 5.90. The van der Waals surface area contributed by atoms with E-state index in [1.54, 1.807) is 19.3 Å². The second-order valence-electron chi connectivity index (χ2n) is 6.84. The number of amides is 1. The van der Waals surface area contributed by atoms with Crippen LogP contribution in [0.5, 0.6) is 0 Å². The summed E-state index contributed by atoms with van der Waals surface area (Å²) in [6, 6.07) is 3.67. The standard InChI is InChI=1S/C19H21F2N5O2S.ClH/c1-24-15(3-4-22-24)18(27)26(6-2-5-25-7-9-28-10-8-25)19-23-17-14(21)11-13(20)12-16(17)29-19;/h3-4,11-12H,2,5-10H2,1H3;1H. The van der Waals surface area contributed by atoms with Crippen molar-refractivity contribution in [2.75, 3.05) is 44.3 Å². The molecule has 2 aromatic heterocycles. The van der Waals surface area contributed by atoms with E-state index in [9.17, 15) is 13.6 Å². The predicted molar refractivity (Wildman–Crippen MR) is 114 cm³/mol. The van der Waals surface area contributed by atoms with Crippen LogP contribution in [0, 0.1) is 11.6 Å². The highest BCUT2D eigenvalue weighted by atomic mass is 35.5. The van der Waals surface area contributed by atoms with Crippen molar-refractivity contribution < 1.29 is 18.3 Å². The van der Waals surface area contributed by atoms with Gasteiger partial charge in [-0.1, -0.05) is 11.3 Å². The summed E-state index contributed by atoms with van der Waals surface area (Å²) in [4.78, 5) is 21.3. The van der Waals surface area contributed by atoms with Gasteiger partial charge in [0.05, 0.1) is 17.9 Å². The number of halogens is 3. The Kier molecular flexibility index (Phi) is 7.35. The molecule has 0 bridgehead atoms. The molecule has 1 saturated heterocycles. The normalized spacial score (nSPS) is 14.6. The van der Waals surface area contributed by atoms with E-state index >= 15 is 0 Å². The first-order chi connectivity index (χ1) is 14.0. The van der Waals surface area contributed by atoms with E-state index in [-0.39, 0.29) is 23.8 Å². The summed E-state index contributed by atoms with van der Waals surface area (Å²) in [5.41, 5.74) is 0.477. The molecule has 1 aliphatic heterocycles. The van der Waals surface area contributed by atoms with E-state index in [1.165, 1.54) is 15.6 Å². The maximum absolute atomic E-state index is 14.1. The average Bonchev–Trinajstić information content (AvgIpc) is 3.32. The highest BCUT2D eigenvalue weighted by Crippen LogP contribution is 2.32. The van der Waals surface area contributed by atoms with Crippen LogP contribution in [0.15, 0.2) is 24.4 Å². The first-order valence-electron chi connectivity index (χ1n) is 9.38. The quantitative estimate of drug-likeness (QED) is 0.569. The van der Waals surface area contributed by atoms with Crippen LogP contribution in [0.25, 0.3) is 10.2 Å². The number of ether oxygens (including phenoxy) is 1. The molecule has 7 nitrogen and oxygen atoms in total. The number of hydrogen-bond donors (Lipinski definition) is 0. The first kappa shape index (κ1) is 22.5. The molecule has 162 valence electrons. The number of aryl methyl sites for hydroxylation is 1. The minimum atomic E-state index is -0.733. The molecule has 1 aliphatic rings. The van der Waals surface area contributed by atoms with Gasteiger partial charge >= 0.3 is 0 Å². The lowest BCUT2D eigenvalue weighted by atomic mass is 10.3. The Morgan fingerprint density at radius 1 is 1.30 bits per heavy atom. The molecule has 3 heterocycles. The van der Waals surface area contributed by atoms with Gasteiger partial charge in [0, 0.05) is 45.5 Å². The summed E-state index contributed by atoms with van der Waals surface area (Å²) < 4.78 is 34.9. The van der Waals surface area contributed by atoms with E-state index in [2.05, 4.69) is 15.0 Å². The van der Waals surface area contributed by atoms with Crippen LogP contribution in [0.4, 0.5) is 13.9 Å². The van der Waals surface area contributed by atoms with Gasteiger partial charge in [-0.3, -0.25) is 19.3 Å². The number of hydrogen-bond acceptors (Lipinski definition) is 6. The third-order valence-electron chi connectivity index (χ3n) is 4.88. The molecule has 11 heteroatoms. The fourth-order valence-corrected chi connectivity index (χ4v) is 4.37. The predicted octanol–water partition coefficient (Wildman–Crippen LogP) is 3.10. The minimum Gasteiger partial charge on any atom is -0.379 e. The van der Waals surface area contributed by atoms with Gasteiger partial charge in [0.2, 0.25) is 0 Å². The monoisotopic (exact) mass is 457 g/mol. The van der Waals surface area contributed by atoms with E-state index in [1.807, 2.05) is 0 Å². The van der Waals surface area contributed by atoms with Crippen LogP contribution in [-0.2, 0) is 11.8 Å². The Bertz CT molecular complexity index is 1020.